The zero-order valence-electron chi connectivity index (χ0n) is 12.2. The first-order chi connectivity index (χ1) is 9.19. The Morgan fingerprint density at radius 3 is 2.45 bits per heavy atom. The van der Waals surface area contributed by atoms with E-state index in [9.17, 15) is 18.3 Å². The summed E-state index contributed by atoms with van der Waals surface area (Å²) in [6.45, 7) is 7.02. The first-order valence-electron chi connectivity index (χ1n) is 6.51. The lowest BCUT2D eigenvalue weighted by atomic mass is 10.0. The van der Waals surface area contributed by atoms with E-state index in [2.05, 4.69) is 4.72 Å². The SMILES string of the molecule is CC[C@H](C)[C@H](NS(=O)(=O)c1cc(C)ccc1C)C(=O)O. The van der Waals surface area contributed by atoms with Gasteiger partial charge in [-0.25, -0.2) is 8.42 Å². The molecule has 0 heterocycles. The third-order valence-electron chi connectivity index (χ3n) is 3.39. The van der Waals surface area contributed by atoms with Crippen LogP contribution in [0.15, 0.2) is 23.1 Å². The number of carboxylic acids is 1. The molecule has 2 atom stereocenters. The minimum absolute atomic E-state index is 0.132. The Morgan fingerprint density at radius 1 is 1.35 bits per heavy atom. The van der Waals surface area contributed by atoms with E-state index in [1.807, 2.05) is 13.0 Å². The molecular formula is C14H21NO4S. The standard InChI is InChI=1S/C14H21NO4S/c1-5-10(3)13(14(16)17)15-20(18,19)12-8-9(2)6-7-11(12)4/h6-8,10,13,15H,5H2,1-4H3,(H,16,17)/t10-,13-/m0/s1. The van der Waals surface area contributed by atoms with Gasteiger partial charge < -0.3 is 5.11 Å². The number of sulfonamides is 1. The quantitative estimate of drug-likeness (QED) is 0.842. The van der Waals surface area contributed by atoms with Crippen molar-refractivity contribution in [2.24, 2.45) is 5.92 Å². The van der Waals surface area contributed by atoms with Gasteiger partial charge >= 0.3 is 5.97 Å². The minimum Gasteiger partial charge on any atom is -0.480 e. The molecule has 0 saturated carbocycles. The largest absolute Gasteiger partial charge is 0.480 e. The van der Waals surface area contributed by atoms with Crippen molar-refractivity contribution >= 4 is 16.0 Å². The normalized spacial score (nSPS) is 14.8. The monoisotopic (exact) mass is 299 g/mol. The van der Waals surface area contributed by atoms with Gasteiger partial charge in [-0.05, 0) is 37.0 Å². The van der Waals surface area contributed by atoms with Crippen molar-refractivity contribution in [3.63, 3.8) is 0 Å². The summed E-state index contributed by atoms with van der Waals surface area (Å²) >= 11 is 0. The molecular weight excluding hydrogens is 278 g/mol. The fourth-order valence-corrected chi connectivity index (χ4v) is 3.50. The van der Waals surface area contributed by atoms with Crippen LogP contribution in [-0.2, 0) is 14.8 Å². The number of hydrogen-bond donors (Lipinski definition) is 2. The van der Waals surface area contributed by atoms with Crippen molar-refractivity contribution in [2.45, 2.75) is 45.1 Å². The summed E-state index contributed by atoms with van der Waals surface area (Å²) in [5.74, 6) is -1.44. The lowest BCUT2D eigenvalue weighted by Gasteiger charge is -2.20. The van der Waals surface area contributed by atoms with Crippen LogP contribution in [-0.4, -0.2) is 25.5 Å². The summed E-state index contributed by atoms with van der Waals surface area (Å²) in [5.41, 5.74) is 1.41. The molecule has 5 nitrogen and oxygen atoms in total. The number of rotatable bonds is 6. The van der Waals surface area contributed by atoms with Crippen LogP contribution >= 0.6 is 0 Å². The Hall–Kier alpha value is -1.40. The Morgan fingerprint density at radius 2 is 1.95 bits per heavy atom. The van der Waals surface area contributed by atoms with E-state index in [1.165, 1.54) is 0 Å². The van der Waals surface area contributed by atoms with E-state index in [4.69, 9.17) is 0 Å². The lowest BCUT2D eigenvalue weighted by Crippen LogP contribution is -2.45. The second-order valence-electron chi connectivity index (χ2n) is 5.09. The van der Waals surface area contributed by atoms with Gasteiger partial charge in [-0.15, -0.1) is 0 Å². The zero-order valence-corrected chi connectivity index (χ0v) is 13.0. The molecule has 0 radical (unpaired) electrons. The highest BCUT2D eigenvalue weighted by atomic mass is 32.2. The van der Waals surface area contributed by atoms with Gasteiger partial charge in [0.05, 0.1) is 4.90 Å². The maximum atomic E-state index is 12.4. The summed E-state index contributed by atoms with van der Waals surface area (Å²) < 4.78 is 27.0. The smallest absolute Gasteiger partial charge is 0.322 e. The van der Waals surface area contributed by atoms with Gasteiger partial charge in [0.1, 0.15) is 6.04 Å². The third-order valence-corrected chi connectivity index (χ3v) is 4.98. The van der Waals surface area contributed by atoms with E-state index in [1.54, 1.807) is 32.9 Å². The molecule has 0 fully saturated rings. The molecule has 1 aromatic rings. The lowest BCUT2D eigenvalue weighted by molar-refractivity contribution is -0.140. The predicted octanol–water partition coefficient (Wildman–Crippen LogP) is 2.08. The molecule has 0 aliphatic rings. The fourth-order valence-electron chi connectivity index (χ4n) is 1.87. The average molecular weight is 299 g/mol. The number of hydrogen-bond acceptors (Lipinski definition) is 3. The molecule has 20 heavy (non-hydrogen) atoms. The second-order valence-corrected chi connectivity index (χ2v) is 6.77. The van der Waals surface area contributed by atoms with Crippen LogP contribution in [0.25, 0.3) is 0 Å². The molecule has 0 aliphatic carbocycles. The Labute approximate surface area is 120 Å². The topological polar surface area (TPSA) is 83.5 Å². The Bertz CT molecular complexity index is 595. The van der Waals surface area contributed by atoms with Crippen molar-refractivity contribution < 1.29 is 18.3 Å². The third kappa shape index (κ3) is 3.80. The first-order valence-corrected chi connectivity index (χ1v) is 7.99. The predicted molar refractivity (Wildman–Crippen MR) is 77.1 cm³/mol. The van der Waals surface area contributed by atoms with Gasteiger partial charge in [-0.1, -0.05) is 32.4 Å². The Balaban J connectivity index is 3.16. The van der Waals surface area contributed by atoms with E-state index in [0.29, 0.717) is 12.0 Å². The summed E-state index contributed by atoms with van der Waals surface area (Å²) in [6, 6.07) is 3.96. The number of aryl methyl sites for hydroxylation is 2. The van der Waals surface area contributed by atoms with Gasteiger partial charge in [0, 0.05) is 0 Å². The Kier molecular flexibility index (Phi) is 5.30. The minimum atomic E-state index is -3.84. The highest BCUT2D eigenvalue weighted by Crippen LogP contribution is 2.19. The van der Waals surface area contributed by atoms with Gasteiger partial charge in [-0.2, -0.15) is 4.72 Å². The van der Waals surface area contributed by atoms with Gasteiger partial charge in [-0.3, -0.25) is 4.79 Å². The zero-order chi connectivity index (χ0) is 15.5. The molecule has 1 rings (SSSR count). The molecule has 0 saturated heterocycles. The van der Waals surface area contributed by atoms with Crippen molar-refractivity contribution in [1.82, 2.24) is 4.72 Å². The molecule has 0 unspecified atom stereocenters. The molecule has 6 heteroatoms. The number of carbonyl (C=O) groups is 1. The highest BCUT2D eigenvalue weighted by molar-refractivity contribution is 7.89. The van der Waals surface area contributed by atoms with Crippen molar-refractivity contribution in [3.8, 4) is 0 Å². The number of aliphatic carboxylic acids is 1. The fraction of sp³-hybridized carbons (Fsp3) is 0.500. The molecule has 1 aromatic carbocycles. The maximum absolute atomic E-state index is 12.4. The molecule has 112 valence electrons. The molecule has 2 N–H and O–H groups in total. The van der Waals surface area contributed by atoms with Crippen LogP contribution in [0.3, 0.4) is 0 Å². The van der Waals surface area contributed by atoms with Crippen molar-refractivity contribution in [1.29, 1.82) is 0 Å². The molecule has 0 spiro atoms. The van der Waals surface area contributed by atoms with E-state index < -0.39 is 22.0 Å². The summed E-state index contributed by atoms with van der Waals surface area (Å²) in [7, 11) is -3.84. The van der Waals surface area contributed by atoms with Crippen LogP contribution in [0, 0.1) is 19.8 Å². The number of nitrogens with one attached hydrogen (secondary N) is 1. The van der Waals surface area contributed by atoms with E-state index in [0.717, 1.165) is 5.56 Å². The highest BCUT2D eigenvalue weighted by Gasteiger charge is 2.30. The number of benzene rings is 1. The molecule has 0 aromatic heterocycles. The first kappa shape index (κ1) is 16.7. The van der Waals surface area contributed by atoms with Crippen LogP contribution < -0.4 is 4.72 Å². The van der Waals surface area contributed by atoms with E-state index in [-0.39, 0.29) is 10.8 Å². The molecule has 0 amide bonds. The van der Waals surface area contributed by atoms with Gasteiger partial charge in [0.25, 0.3) is 0 Å². The summed E-state index contributed by atoms with van der Waals surface area (Å²) in [5, 5.41) is 9.18. The summed E-state index contributed by atoms with van der Waals surface area (Å²) in [6.07, 6.45) is 0.576. The van der Waals surface area contributed by atoms with Gasteiger partial charge in [0.2, 0.25) is 10.0 Å². The molecule has 0 aliphatic heterocycles. The van der Waals surface area contributed by atoms with E-state index >= 15 is 0 Å². The number of carboxylic acid groups (broad SMARTS) is 1. The average Bonchev–Trinajstić information content (AvgIpc) is 2.37. The van der Waals surface area contributed by atoms with Crippen LogP contribution in [0.1, 0.15) is 31.4 Å². The van der Waals surface area contributed by atoms with Crippen molar-refractivity contribution in [3.05, 3.63) is 29.3 Å². The van der Waals surface area contributed by atoms with Gasteiger partial charge in [0.15, 0.2) is 0 Å². The maximum Gasteiger partial charge on any atom is 0.322 e. The molecule has 0 bridgehead atoms. The van der Waals surface area contributed by atoms with Crippen molar-refractivity contribution in [2.75, 3.05) is 0 Å². The van der Waals surface area contributed by atoms with Crippen LogP contribution in [0.5, 0.6) is 0 Å². The second kappa shape index (κ2) is 6.37. The summed E-state index contributed by atoms with van der Waals surface area (Å²) in [4.78, 5) is 11.4. The van der Waals surface area contributed by atoms with Crippen LogP contribution in [0.2, 0.25) is 0 Å². The van der Waals surface area contributed by atoms with Crippen LogP contribution in [0.4, 0.5) is 0 Å².